The molecule has 202 valence electrons. The Balaban J connectivity index is 1.65. The van der Waals surface area contributed by atoms with Crippen LogP contribution in [0.4, 0.5) is 0 Å². The lowest BCUT2D eigenvalue weighted by Gasteiger charge is -2.20. The minimum atomic E-state index is -5.72. The topological polar surface area (TPSA) is 262 Å². The minimum absolute atomic E-state index is 0.105. The van der Waals surface area contributed by atoms with Gasteiger partial charge in [0, 0.05) is 23.1 Å². The number of benzene rings is 1. The minimum Gasteiger partial charge on any atom is -0.404 e. The van der Waals surface area contributed by atoms with E-state index in [0.717, 1.165) is 4.57 Å². The number of aromatic amines is 1. The molecule has 3 unspecified atom stereocenters. The first-order chi connectivity index (χ1) is 17.2. The van der Waals surface area contributed by atoms with E-state index in [0.29, 0.717) is 0 Å². The highest BCUT2D eigenvalue weighted by molar-refractivity contribution is 7.67. The van der Waals surface area contributed by atoms with E-state index >= 15 is 0 Å². The third kappa shape index (κ3) is 8.20. The first-order valence-corrected chi connectivity index (χ1v) is 14.5. The lowest BCUT2D eigenvalue weighted by atomic mass is 10.1. The molecule has 2 heterocycles. The Bertz CT molecular complexity index is 1440. The maximum absolute atomic E-state index is 12.2. The molecule has 0 radical (unpaired) electrons. The third-order valence-corrected chi connectivity index (χ3v) is 8.86. The molecule has 21 heteroatoms. The molecule has 1 fully saturated rings. The van der Waals surface area contributed by atoms with Crippen molar-refractivity contribution >= 4 is 23.5 Å². The largest absolute Gasteiger partial charge is 0.536 e. The van der Waals surface area contributed by atoms with Gasteiger partial charge in [0.1, 0.15) is 12.0 Å². The summed E-state index contributed by atoms with van der Waals surface area (Å²) in [6.07, 6.45) is -1.24. The number of hydrogen-bond acceptors (Lipinski definition) is 11. The Morgan fingerprint density at radius 1 is 1.14 bits per heavy atom. The number of nitrogens with one attached hydrogen (secondary N) is 1. The Morgan fingerprint density at radius 3 is 2.43 bits per heavy atom. The summed E-state index contributed by atoms with van der Waals surface area (Å²) in [7, 11) is -16.5. The van der Waals surface area contributed by atoms with E-state index in [2.05, 4.69) is 32.7 Å². The smallest absolute Gasteiger partial charge is 0.404 e. The van der Waals surface area contributed by atoms with Gasteiger partial charge in [-0.15, -0.1) is 0 Å². The van der Waals surface area contributed by atoms with Gasteiger partial charge in [0.05, 0.1) is 18.8 Å². The highest BCUT2D eigenvalue weighted by Gasteiger charge is 2.44. The molecular weight excluding hydrogens is 563 g/mol. The number of phosphoric ester groups is 2. The van der Waals surface area contributed by atoms with Crippen molar-refractivity contribution in [2.45, 2.75) is 31.7 Å². The number of azide groups is 1. The maximum atomic E-state index is 12.2. The van der Waals surface area contributed by atoms with Crippen LogP contribution >= 0.6 is 23.5 Å². The molecular formula is C16H20N5O13P3. The van der Waals surface area contributed by atoms with Crippen LogP contribution in [0.2, 0.25) is 0 Å². The SMILES string of the molecule is Cc1cn([C@H]2C[C@H](N=[N+]=[N-])[C@@H](COP(=O)(O)OP(=O)(O)OP(=O)(O)Oc3ccccc3)O2)c(=O)[nH]c1=O. The molecule has 6 atom stereocenters. The van der Waals surface area contributed by atoms with Crippen molar-refractivity contribution in [3.63, 3.8) is 0 Å². The number of nitrogens with zero attached hydrogens (tertiary/aromatic N) is 4. The van der Waals surface area contributed by atoms with Gasteiger partial charge in [0.2, 0.25) is 0 Å². The van der Waals surface area contributed by atoms with Crippen LogP contribution in [0.25, 0.3) is 10.4 Å². The fourth-order valence-electron chi connectivity index (χ4n) is 3.12. The van der Waals surface area contributed by atoms with Crippen LogP contribution in [0.1, 0.15) is 18.2 Å². The van der Waals surface area contributed by atoms with Crippen LogP contribution in [0.3, 0.4) is 0 Å². The van der Waals surface area contributed by atoms with Gasteiger partial charge >= 0.3 is 29.2 Å². The molecule has 1 aromatic heterocycles. The van der Waals surface area contributed by atoms with Crippen molar-refractivity contribution in [3.05, 3.63) is 73.4 Å². The van der Waals surface area contributed by atoms with Gasteiger partial charge in [-0.3, -0.25) is 23.8 Å². The number of H-pyrrole nitrogens is 1. The Labute approximate surface area is 206 Å². The average Bonchev–Trinajstić information content (AvgIpc) is 3.16. The summed E-state index contributed by atoms with van der Waals surface area (Å²) in [6, 6.07) is 5.82. The molecule has 4 N–H and O–H groups in total. The third-order valence-electron chi connectivity index (χ3n) is 4.64. The van der Waals surface area contributed by atoms with Crippen molar-refractivity contribution in [2.24, 2.45) is 5.11 Å². The van der Waals surface area contributed by atoms with Crippen LogP contribution in [-0.2, 0) is 31.6 Å². The van der Waals surface area contributed by atoms with Crippen LogP contribution in [0.5, 0.6) is 5.75 Å². The molecule has 0 saturated carbocycles. The first-order valence-electron chi connectivity index (χ1n) is 10.0. The molecule has 1 saturated heterocycles. The summed E-state index contributed by atoms with van der Waals surface area (Å²) < 4.78 is 60.0. The highest BCUT2D eigenvalue weighted by atomic mass is 31.3. The fraction of sp³-hybridized carbons (Fsp3) is 0.375. The van der Waals surface area contributed by atoms with E-state index in [1.54, 1.807) is 6.07 Å². The van der Waals surface area contributed by atoms with Gasteiger partial charge in [-0.1, -0.05) is 23.3 Å². The summed E-state index contributed by atoms with van der Waals surface area (Å²) in [5.41, 5.74) is 7.52. The highest BCUT2D eigenvalue weighted by Crippen LogP contribution is 2.67. The molecule has 18 nitrogen and oxygen atoms in total. The predicted molar refractivity (Wildman–Crippen MR) is 122 cm³/mol. The summed E-state index contributed by atoms with van der Waals surface area (Å²) in [5.74, 6) is -0.217. The molecule has 2 aromatic rings. The van der Waals surface area contributed by atoms with E-state index in [1.165, 1.54) is 37.4 Å². The number of aryl methyl sites for hydroxylation is 1. The van der Waals surface area contributed by atoms with E-state index in [4.69, 9.17) is 10.3 Å². The number of hydrogen-bond donors (Lipinski definition) is 4. The summed E-state index contributed by atoms with van der Waals surface area (Å²) in [4.78, 5) is 57.6. The van der Waals surface area contributed by atoms with Crippen molar-refractivity contribution in [3.8, 4) is 5.75 Å². The average molecular weight is 583 g/mol. The molecule has 1 aromatic carbocycles. The molecule has 1 aliphatic heterocycles. The Morgan fingerprint density at radius 2 is 1.78 bits per heavy atom. The fourth-order valence-corrected chi connectivity index (χ4v) is 6.64. The molecule has 0 aliphatic carbocycles. The van der Waals surface area contributed by atoms with Gasteiger partial charge in [0.15, 0.2) is 0 Å². The number of ether oxygens (including phenoxy) is 1. The van der Waals surface area contributed by atoms with Crippen LogP contribution in [0, 0.1) is 6.92 Å². The normalized spacial score (nSPS) is 24.3. The quantitative estimate of drug-likeness (QED) is 0.128. The predicted octanol–water partition coefficient (Wildman–Crippen LogP) is 2.24. The second kappa shape index (κ2) is 11.4. The van der Waals surface area contributed by atoms with Crippen LogP contribution in [-0.4, -0.2) is 43.0 Å². The van der Waals surface area contributed by atoms with Gasteiger partial charge in [0.25, 0.3) is 5.56 Å². The molecule has 37 heavy (non-hydrogen) atoms. The number of aromatic nitrogens is 2. The van der Waals surface area contributed by atoms with E-state index in [-0.39, 0.29) is 17.7 Å². The second-order valence-electron chi connectivity index (χ2n) is 7.38. The summed E-state index contributed by atoms with van der Waals surface area (Å²) in [6.45, 7) is 0.572. The van der Waals surface area contributed by atoms with E-state index < -0.39 is 59.7 Å². The van der Waals surface area contributed by atoms with Gasteiger partial charge in [-0.05, 0) is 24.6 Å². The summed E-state index contributed by atoms with van der Waals surface area (Å²) >= 11 is 0. The molecule has 3 rings (SSSR count). The van der Waals surface area contributed by atoms with E-state index in [9.17, 15) is 38.0 Å². The molecule has 1 aliphatic rings. The number of phosphoric acid groups is 3. The lowest BCUT2D eigenvalue weighted by Crippen LogP contribution is -2.33. The zero-order valence-corrected chi connectivity index (χ0v) is 21.3. The van der Waals surface area contributed by atoms with Crippen molar-refractivity contribution in [2.75, 3.05) is 6.61 Å². The monoisotopic (exact) mass is 583 g/mol. The molecule has 0 spiro atoms. The summed E-state index contributed by atoms with van der Waals surface area (Å²) in [5, 5.41) is 3.47. The van der Waals surface area contributed by atoms with Crippen molar-refractivity contribution in [1.82, 2.24) is 9.55 Å². The lowest BCUT2D eigenvalue weighted by molar-refractivity contribution is -0.0267. The first kappa shape index (κ1) is 29.0. The molecule has 0 bridgehead atoms. The van der Waals surface area contributed by atoms with Gasteiger partial charge < -0.3 is 19.0 Å². The van der Waals surface area contributed by atoms with Crippen LogP contribution in [0.15, 0.2) is 51.2 Å². The standard InChI is InChI=1S/C16H20N5O13P3/c1-10-8-21(16(23)18-15(10)22)14-7-12(19-20-17)13(31-14)9-30-35(24,25)33-37(28,29)34-36(26,27)32-11-5-3-2-4-6-11/h2-6,8,12-14H,7,9H2,1H3,(H,24,25)(H,26,27)(H,28,29)(H,18,22,23)/t12-,13+,14+/m0/s1. The number of para-hydroxylation sites is 1. The van der Waals surface area contributed by atoms with Gasteiger partial charge in [-0.25, -0.2) is 18.5 Å². The Kier molecular flexibility index (Phi) is 8.96. The van der Waals surface area contributed by atoms with Crippen LogP contribution < -0.4 is 15.8 Å². The van der Waals surface area contributed by atoms with Gasteiger partial charge in [-0.2, -0.15) is 8.62 Å². The maximum Gasteiger partial charge on any atom is 0.536 e. The van der Waals surface area contributed by atoms with E-state index in [1.807, 2.05) is 0 Å². The van der Waals surface area contributed by atoms with Crippen molar-refractivity contribution < 1.29 is 50.8 Å². The molecule has 0 amide bonds. The number of rotatable bonds is 11. The van der Waals surface area contributed by atoms with Crippen molar-refractivity contribution in [1.29, 1.82) is 0 Å². The zero-order chi connectivity index (χ0) is 27.4. The second-order valence-corrected chi connectivity index (χ2v) is 11.9. The Hall–Kier alpha value is -2.58. The zero-order valence-electron chi connectivity index (χ0n) is 18.7.